The van der Waals surface area contributed by atoms with Gasteiger partial charge in [-0.1, -0.05) is 20.8 Å². The zero-order chi connectivity index (χ0) is 15.5. The Labute approximate surface area is 133 Å². The van der Waals surface area contributed by atoms with Gasteiger partial charge in [0.25, 0.3) is 0 Å². The van der Waals surface area contributed by atoms with Crippen molar-refractivity contribution in [1.29, 1.82) is 0 Å². The number of aryl methyl sites for hydroxylation is 1. The number of ether oxygens (including phenoxy) is 1. The zero-order valence-corrected chi connectivity index (χ0v) is 14.2. The molecule has 0 aromatic carbocycles. The molecule has 0 radical (unpaired) electrons. The number of nitrogens with zero attached hydrogens (tertiary/aromatic N) is 4. The molecular formula is C16H20N4OS. The van der Waals surface area contributed by atoms with Crippen molar-refractivity contribution in [2.75, 3.05) is 7.11 Å². The van der Waals surface area contributed by atoms with Crippen LogP contribution in [0.1, 0.15) is 37.6 Å². The maximum Gasteiger partial charge on any atom is 0.336 e. The lowest BCUT2D eigenvalue weighted by molar-refractivity contribution is 0.218. The first-order valence-electron chi connectivity index (χ1n) is 7.67. The molecule has 22 heavy (non-hydrogen) atoms. The summed E-state index contributed by atoms with van der Waals surface area (Å²) < 4.78 is 6.89. The summed E-state index contributed by atoms with van der Waals surface area (Å²) in [4.78, 5) is 11.6. The fourth-order valence-corrected chi connectivity index (χ4v) is 4.64. The van der Waals surface area contributed by atoms with E-state index in [1.165, 1.54) is 22.2 Å². The van der Waals surface area contributed by atoms with E-state index in [0.717, 1.165) is 29.2 Å². The minimum absolute atomic E-state index is 0.356. The first-order valence-corrected chi connectivity index (χ1v) is 8.48. The molecule has 1 unspecified atom stereocenters. The van der Waals surface area contributed by atoms with Crippen molar-refractivity contribution in [2.24, 2.45) is 11.3 Å². The second kappa shape index (κ2) is 4.65. The van der Waals surface area contributed by atoms with Gasteiger partial charge in [0.05, 0.1) is 12.5 Å². The van der Waals surface area contributed by atoms with E-state index >= 15 is 0 Å². The SMILES string of the molecule is COc1nc2c3c4c(sc3ncn2n1)CC(C(C)(C)C)CC4. The minimum atomic E-state index is 0.356. The van der Waals surface area contributed by atoms with Gasteiger partial charge in [0.2, 0.25) is 0 Å². The molecule has 0 fully saturated rings. The molecule has 0 aliphatic heterocycles. The Hall–Kier alpha value is -1.69. The van der Waals surface area contributed by atoms with Gasteiger partial charge < -0.3 is 4.74 Å². The Morgan fingerprint density at radius 3 is 2.91 bits per heavy atom. The Morgan fingerprint density at radius 1 is 1.36 bits per heavy atom. The van der Waals surface area contributed by atoms with Crippen LogP contribution in [0.15, 0.2) is 6.33 Å². The van der Waals surface area contributed by atoms with Gasteiger partial charge in [-0.2, -0.15) is 9.50 Å². The molecule has 3 aromatic heterocycles. The van der Waals surface area contributed by atoms with Crippen LogP contribution in [0.3, 0.4) is 0 Å². The van der Waals surface area contributed by atoms with Crippen molar-refractivity contribution in [3.8, 4) is 6.01 Å². The first kappa shape index (κ1) is 13.9. The number of rotatable bonds is 1. The second-order valence-electron chi connectivity index (χ2n) is 7.10. The van der Waals surface area contributed by atoms with Crippen LogP contribution in [0.2, 0.25) is 0 Å². The van der Waals surface area contributed by atoms with Gasteiger partial charge in [-0.15, -0.1) is 16.4 Å². The highest BCUT2D eigenvalue weighted by Crippen LogP contribution is 2.43. The largest absolute Gasteiger partial charge is 0.466 e. The van der Waals surface area contributed by atoms with Crippen LogP contribution >= 0.6 is 11.3 Å². The first-order chi connectivity index (χ1) is 10.5. The molecule has 0 bridgehead atoms. The molecule has 0 N–H and O–H groups in total. The highest BCUT2D eigenvalue weighted by atomic mass is 32.1. The van der Waals surface area contributed by atoms with E-state index in [-0.39, 0.29) is 0 Å². The van der Waals surface area contributed by atoms with E-state index in [1.807, 2.05) is 11.3 Å². The van der Waals surface area contributed by atoms with Crippen LogP contribution in [0, 0.1) is 11.3 Å². The van der Waals surface area contributed by atoms with Crippen LogP contribution < -0.4 is 4.74 Å². The topological polar surface area (TPSA) is 52.3 Å². The lowest BCUT2D eigenvalue weighted by atomic mass is 9.72. The van der Waals surface area contributed by atoms with Crippen LogP contribution in [-0.2, 0) is 12.8 Å². The monoisotopic (exact) mass is 316 g/mol. The van der Waals surface area contributed by atoms with Crippen molar-refractivity contribution in [3.63, 3.8) is 0 Å². The third-order valence-corrected chi connectivity index (χ3v) is 5.94. The normalized spacial score (nSPS) is 18.8. The lowest BCUT2D eigenvalue weighted by Gasteiger charge is -2.33. The van der Waals surface area contributed by atoms with Gasteiger partial charge in [-0.3, -0.25) is 0 Å². The molecular weight excluding hydrogens is 296 g/mol. The average molecular weight is 316 g/mol. The predicted molar refractivity (Wildman–Crippen MR) is 87.7 cm³/mol. The number of fused-ring (bicyclic) bond motifs is 5. The van der Waals surface area contributed by atoms with Gasteiger partial charge in [0.1, 0.15) is 11.2 Å². The van der Waals surface area contributed by atoms with Crippen LogP contribution in [-0.4, -0.2) is 26.7 Å². The van der Waals surface area contributed by atoms with Crippen molar-refractivity contribution in [3.05, 3.63) is 16.8 Å². The molecule has 1 atom stereocenters. The molecule has 5 nitrogen and oxygen atoms in total. The fourth-order valence-electron chi connectivity index (χ4n) is 3.38. The van der Waals surface area contributed by atoms with Crippen molar-refractivity contribution >= 4 is 27.2 Å². The Kier molecular flexibility index (Phi) is 2.95. The molecule has 0 saturated carbocycles. The third-order valence-electron chi connectivity index (χ3n) is 4.77. The van der Waals surface area contributed by atoms with E-state index in [0.29, 0.717) is 11.4 Å². The van der Waals surface area contributed by atoms with Crippen molar-refractivity contribution in [2.45, 2.75) is 40.0 Å². The van der Waals surface area contributed by atoms with E-state index in [2.05, 4.69) is 35.8 Å². The summed E-state index contributed by atoms with van der Waals surface area (Å²) in [5, 5.41) is 5.46. The van der Waals surface area contributed by atoms with Gasteiger partial charge >= 0.3 is 6.01 Å². The molecule has 0 amide bonds. The lowest BCUT2D eigenvalue weighted by Crippen LogP contribution is -2.26. The number of hydrogen-bond acceptors (Lipinski definition) is 5. The van der Waals surface area contributed by atoms with Crippen molar-refractivity contribution < 1.29 is 4.74 Å². The van der Waals surface area contributed by atoms with Crippen LogP contribution in [0.25, 0.3) is 15.9 Å². The summed E-state index contributed by atoms with van der Waals surface area (Å²) in [6.07, 6.45) is 5.22. The summed E-state index contributed by atoms with van der Waals surface area (Å²) in [7, 11) is 1.59. The minimum Gasteiger partial charge on any atom is -0.466 e. The molecule has 3 heterocycles. The van der Waals surface area contributed by atoms with Gasteiger partial charge in [-0.25, -0.2) is 4.98 Å². The summed E-state index contributed by atoms with van der Waals surface area (Å²) in [6.45, 7) is 7.03. The summed E-state index contributed by atoms with van der Waals surface area (Å²) in [5.41, 5.74) is 2.65. The van der Waals surface area contributed by atoms with Crippen LogP contribution in [0.4, 0.5) is 0 Å². The van der Waals surface area contributed by atoms with Crippen LogP contribution in [0.5, 0.6) is 6.01 Å². The highest BCUT2D eigenvalue weighted by molar-refractivity contribution is 7.19. The standard InChI is InChI=1S/C16H20N4OS/c1-16(2,3)9-5-6-10-11(7-9)22-14-12(10)13-18-15(21-4)19-20(13)8-17-14/h8-9H,5-7H2,1-4H3. The molecule has 6 heteroatoms. The molecule has 0 saturated heterocycles. The molecule has 1 aliphatic carbocycles. The molecule has 1 aliphatic rings. The number of thiophene rings is 1. The predicted octanol–water partition coefficient (Wildman–Crippen LogP) is 3.50. The molecule has 3 aromatic rings. The van der Waals surface area contributed by atoms with Crippen molar-refractivity contribution in [1.82, 2.24) is 19.6 Å². The highest BCUT2D eigenvalue weighted by Gasteiger charge is 2.31. The third kappa shape index (κ3) is 2.00. The maximum atomic E-state index is 5.16. The molecule has 0 spiro atoms. The summed E-state index contributed by atoms with van der Waals surface area (Å²) in [5.74, 6) is 0.733. The van der Waals surface area contributed by atoms with E-state index in [1.54, 1.807) is 18.0 Å². The Morgan fingerprint density at radius 2 is 2.18 bits per heavy atom. The number of aromatic nitrogens is 4. The summed E-state index contributed by atoms with van der Waals surface area (Å²) >= 11 is 1.82. The van der Waals surface area contributed by atoms with Gasteiger partial charge in [-0.05, 0) is 36.2 Å². The second-order valence-corrected chi connectivity index (χ2v) is 8.18. The fraction of sp³-hybridized carbons (Fsp3) is 0.562. The number of methoxy groups -OCH3 is 1. The smallest absolute Gasteiger partial charge is 0.336 e. The molecule has 116 valence electrons. The van der Waals surface area contributed by atoms with E-state index in [9.17, 15) is 0 Å². The summed E-state index contributed by atoms with van der Waals surface area (Å²) in [6, 6.07) is 0.401. The van der Waals surface area contributed by atoms with E-state index in [4.69, 9.17) is 4.74 Å². The maximum absolute atomic E-state index is 5.16. The molecule has 4 rings (SSSR count). The Balaban J connectivity index is 1.89. The zero-order valence-electron chi connectivity index (χ0n) is 13.4. The number of hydrogen-bond donors (Lipinski definition) is 0. The van der Waals surface area contributed by atoms with Gasteiger partial charge in [0.15, 0.2) is 5.65 Å². The average Bonchev–Trinajstić information content (AvgIpc) is 3.05. The Bertz CT molecular complexity index is 858. The quantitative estimate of drug-likeness (QED) is 0.689. The van der Waals surface area contributed by atoms with E-state index < -0.39 is 0 Å². The van der Waals surface area contributed by atoms with Gasteiger partial charge in [0, 0.05) is 4.88 Å².